The number of nitrogens with zero attached hydrogens (tertiary/aromatic N) is 2. The molecule has 1 aromatic rings. The van der Waals surface area contributed by atoms with Crippen molar-refractivity contribution in [2.24, 2.45) is 0 Å². The van der Waals surface area contributed by atoms with Crippen LogP contribution in [0.1, 0.15) is 13.3 Å². The van der Waals surface area contributed by atoms with Crippen LogP contribution in [0.3, 0.4) is 0 Å². The summed E-state index contributed by atoms with van der Waals surface area (Å²) in [5, 5.41) is 3.07. The molecule has 0 fully saturated rings. The number of sulfone groups is 1. The fourth-order valence-electron chi connectivity index (χ4n) is 1.75. The van der Waals surface area contributed by atoms with Crippen LogP contribution >= 0.6 is 0 Å². The molecule has 0 bridgehead atoms. The van der Waals surface area contributed by atoms with E-state index in [9.17, 15) is 8.42 Å². The van der Waals surface area contributed by atoms with Gasteiger partial charge in [-0.25, -0.2) is 13.4 Å². The second-order valence-electron chi connectivity index (χ2n) is 4.19. The molecule has 0 saturated heterocycles. The summed E-state index contributed by atoms with van der Waals surface area (Å²) in [6.45, 7) is 4.39. The quantitative estimate of drug-likeness (QED) is 0.799. The minimum atomic E-state index is -3.25. The number of hydrogen-bond donors (Lipinski definition) is 1. The lowest BCUT2D eigenvalue weighted by Crippen LogP contribution is -2.33. The van der Waals surface area contributed by atoms with Crippen LogP contribution in [0.2, 0.25) is 0 Å². The van der Waals surface area contributed by atoms with Crippen molar-refractivity contribution in [2.45, 2.75) is 18.2 Å². The van der Waals surface area contributed by atoms with Crippen LogP contribution in [0.4, 0.5) is 5.82 Å². The fourth-order valence-corrected chi connectivity index (χ4v) is 2.59. The Labute approximate surface area is 109 Å². The van der Waals surface area contributed by atoms with Crippen molar-refractivity contribution < 1.29 is 8.42 Å². The van der Waals surface area contributed by atoms with Gasteiger partial charge in [0.25, 0.3) is 0 Å². The van der Waals surface area contributed by atoms with E-state index in [0.717, 1.165) is 26.1 Å². The molecule has 102 valence electrons. The van der Waals surface area contributed by atoms with E-state index in [1.807, 2.05) is 11.9 Å². The fraction of sp³-hybridized carbons (Fsp3) is 0.583. The Morgan fingerprint density at radius 3 is 2.67 bits per heavy atom. The first-order valence-corrected chi connectivity index (χ1v) is 7.94. The summed E-state index contributed by atoms with van der Waals surface area (Å²) in [4.78, 5) is 6.54. The predicted molar refractivity (Wildman–Crippen MR) is 73.8 cm³/mol. The number of hydrogen-bond acceptors (Lipinski definition) is 5. The number of rotatable bonds is 7. The molecule has 0 aliphatic heterocycles. The molecule has 0 spiro atoms. The van der Waals surface area contributed by atoms with E-state index in [0.29, 0.717) is 10.7 Å². The van der Waals surface area contributed by atoms with E-state index in [1.165, 1.54) is 6.26 Å². The second-order valence-corrected chi connectivity index (χ2v) is 6.17. The second kappa shape index (κ2) is 6.70. The van der Waals surface area contributed by atoms with Gasteiger partial charge in [-0.1, -0.05) is 6.92 Å². The van der Waals surface area contributed by atoms with E-state index in [2.05, 4.69) is 17.2 Å². The Kier molecular flexibility index (Phi) is 5.55. The SMILES string of the molecule is CCCN(CCNC)c1ncccc1S(C)(=O)=O. The van der Waals surface area contributed by atoms with Gasteiger partial charge in [0.05, 0.1) is 0 Å². The van der Waals surface area contributed by atoms with Crippen LogP contribution in [0.5, 0.6) is 0 Å². The van der Waals surface area contributed by atoms with Gasteiger partial charge >= 0.3 is 0 Å². The first kappa shape index (κ1) is 14.9. The number of pyridine rings is 1. The maximum absolute atomic E-state index is 11.8. The van der Waals surface area contributed by atoms with Crippen LogP contribution in [-0.4, -0.2) is 46.3 Å². The molecule has 0 saturated carbocycles. The highest BCUT2D eigenvalue weighted by Gasteiger charge is 2.18. The van der Waals surface area contributed by atoms with Gasteiger partial charge in [0, 0.05) is 32.1 Å². The molecule has 0 aromatic carbocycles. The van der Waals surface area contributed by atoms with E-state index < -0.39 is 9.84 Å². The number of anilines is 1. The van der Waals surface area contributed by atoms with Gasteiger partial charge in [-0.3, -0.25) is 0 Å². The summed E-state index contributed by atoms with van der Waals surface area (Å²) in [7, 11) is -1.37. The Morgan fingerprint density at radius 1 is 1.39 bits per heavy atom. The third kappa shape index (κ3) is 3.96. The van der Waals surface area contributed by atoms with Gasteiger partial charge in [0.1, 0.15) is 10.7 Å². The summed E-state index contributed by atoms with van der Waals surface area (Å²) in [6, 6.07) is 3.27. The minimum absolute atomic E-state index is 0.301. The molecule has 0 unspecified atom stereocenters. The largest absolute Gasteiger partial charge is 0.354 e. The van der Waals surface area contributed by atoms with Crippen molar-refractivity contribution in [3.05, 3.63) is 18.3 Å². The number of aromatic nitrogens is 1. The zero-order chi connectivity index (χ0) is 13.6. The Balaban J connectivity index is 3.11. The van der Waals surface area contributed by atoms with Gasteiger partial charge in [-0.15, -0.1) is 0 Å². The lowest BCUT2D eigenvalue weighted by molar-refractivity contribution is 0.600. The van der Waals surface area contributed by atoms with E-state index >= 15 is 0 Å². The molecular weight excluding hydrogens is 250 g/mol. The van der Waals surface area contributed by atoms with Crippen LogP contribution in [0.15, 0.2) is 23.2 Å². The first-order chi connectivity index (χ1) is 8.50. The summed E-state index contributed by atoms with van der Waals surface area (Å²) in [6.07, 6.45) is 3.80. The molecule has 0 aliphatic carbocycles. The monoisotopic (exact) mass is 271 g/mol. The maximum Gasteiger partial charge on any atom is 0.179 e. The average molecular weight is 271 g/mol. The van der Waals surface area contributed by atoms with Crippen molar-refractivity contribution in [3.8, 4) is 0 Å². The molecule has 1 N–H and O–H groups in total. The molecule has 0 atom stereocenters. The summed E-state index contributed by atoms with van der Waals surface area (Å²) >= 11 is 0. The van der Waals surface area contributed by atoms with Crippen molar-refractivity contribution in [1.82, 2.24) is 10.3 Å². The van der Waals surface area contributed by atoms with Crippen molar-refractivity contribution in [3.63, 3.8) is 0 Å². The molecule has 6 heteroatoms. The van der Waals surface area contributed by atoms with Crippen molar-refractivity contribution in [1.29, 1.82) is 0 Å². The van der Waals surface area contributed by atoms with Gasteiger partial charge < -0.3 is 10.2 Å². The number of likely N-dealkylation sites (N-methyl/N-ethyl adjacent to an activating group) is 1. The average Bonchev–Trinajstić information content (AvgIpc) is 2.33. The highest BCUT2D eigenvalue weighted by molar-refractivity contribution is 7.90. The topological polar surface area (TPSA) is 62.3 Å². The zero-order valence-electron chi connectivity index (χ0n) is 11.2. The molecule has 5 nitrogen and oxygen atoms in total. The maximum atomic E-state index is 11.8. The van der Waals surface area contributed by atoms with Crippen LogP contribution in [0, 0.1) is 0 Å². The Bertz CT molecular complexity index is 474. The normalized spacial score (nSPS) is 11.5. The molecule has 0 amide bonds. The standard InChI is InChI=1S/C12H21N3O2S/c1-4-9-15(10-8-13-2)12-11(18(3,16)17)6-5-7-14-12/h5-7,13H,4,8-10H2,1-3H3. The number of nitrogens with one attached hydrogen (secondary N) is 1. The Hall–Kier alpha value is -1.14. The van der Waals surface area contributed by atoms with Crippen LogP contribution in [0.25, 0.3) is 0 Å². The molecule has 1 rings (SSSR count). The molecule has 0 radical (unpaired) electrons. The van der Waals surface area contributed by atoms with Gasteiger partial charge in [-0.2, -0.15) is 0 Å². The van der Waals surface area contributed by atoms with E-state index in [4.69, 9.17) is 0 Å². The molecular formula is C12H21N3O2S. The van der Waals surface area contributed by atoms with Crippen LogP contribution < -0.4 is 10.2 Å². The highest BCUT2D eigenvalue weighted by atomic mass is 32.2. The summed E-state index contributed by atoms with van der Waals surface area (Å²) < 4.78 is 23.5. The zero-order valence-corrected chi connectivity index (χ0v) is 12.0. The molecule has 1 heterocycles. The van der Waals surface area contributed by atoms with E-state index in [1.54, 1.807) is 18.3 Å². The van der Waals surface area contributed by atoms with Gasteiger partial charge in [-0.05, 0) is 25.6 Å². The van der Waals surface area contributed by atoms with E-state index in [-0.39, 0.29) is 0 Å². The molecule has 1 aromatic heterocycles. The van der Waals surface area contributed by atoms with Crippen LogP contribution in [-0.2, 0) is 9.84 Å². The van der Waals surface area contributed by atoms with Gasteiger partial charge in [0.2, 0.25) is 0 Å². The van der Waals surface area contributed by atoms with Gasteiger partial charge in [0.15, 0.2) is 9.84 Å². The predicted octanol–water partition coefficient (Wildman–Crippen LogP) is 0.921. The third-order valence-electron chi connectivity index (χ3n) is 2.58. The summed E-state index contributed by atoms with van der Waals surface area (Å²) in [5.41, 5.74) is 0. The van der Waals surface area contributed by atoms with Crippen molar-refractivity contribution >= 4 is 15.7 Å². The smallest absolute Gasteiger partial charge is 0.179 e. The highest BCUT2D eigenvalue weighted by Crippen LogP contribution is 2.22. The minimum Gasteiger partial charge on any atom is -0.354 e. The lowest BCUT2D eigenvalue weighted by Gasteiger charge is -2.24. The van der Waals surface area contributed by atoms with Crippen molar-refractivity contribution in [2.75, 3.05) is 37.8 Å². The summed E-state index contributed by atoms with van der Waals surface area (Å²) in [5.74, 6) is 0.553. The molecule has 0 aliphatic rings. The molecule has 18 heavy (non-hydrogen) atoms. The lowest BCUT2D eigenvalue weighted by atomic mass is 10.3. The Morgan fingerprint density at radius 2 is 2.11 bits per heavy atom. The third-order valence-corrected chi connectivity index (χ3v) is 3.69. The first-order valence-electron chi connectivity index (χ1n) is 6.05.